The van der Waals surface area contributed by atoms with Gasteiger partial charge in [-0.1, -0.05) is 13.0 Å². The standard InChI is InChI=1S/C18H28N6S2.HI/c1-4-15-13-24(9-11-26-15)18(19-8-7-16-6-5-10-25-16)20-12-17-22-21-14(2)23(17)3;/h5-6,10,15H,4,7-9,11-13H2,1-3H3,(H,19,20);1H. The highest BCUT2D eigenvalue weighted by Gasteiger charge is 2.21. The van der Waals surface area contributed by atoms with E-state index in [2.05, 4.69) is 56.6 Å². The molecule has 1 aliphatic rings. The van der Waals surface area contributed by atoms with Crippen molar-refractivity contribution in [2.75, 3.05) is 25.4 Å². The van der Waals surface area contributed by atoms with Gasteiger partial charge in [0.1, 0.15) is 12.4 Å². The van der Waals surface area contributed by atoms with Crippen LogP contribution in [0, 0.1) is 6.92 Å². The summed E-state index contributed by atoms with van der Waals surface area (Å²) in [6, 6.07) is 4.30. The van der Waals surface area contributed by atoms with Gasteiger partial charge in [-0.15, -0.1) is 45.5 Å². The predicted octanol–water partition coefficient (Wildman–Crippen LogP) is 3.32. The number of aryl methyl sites for hydroxylation is 1. The fourth-order valence-corrected chi connectivity index (χ4v) is 4.80. The zero-order chi connectivity index (χ0) is 18.4. The van der Waals surface area contributed by atoms with Crippen LogP contribution in [0.15, 0.2) is 22.5 Å². The summed E-state index contributed by atoms with van der Waals surface area (Å²) in [5.74, 6) is 3.98. The number of guanidine groups is 1. The number of halogens is 1. The van der Waals surface area contributed by atoms with Crippen molar-refractivity contribution in [3.63, 3.8) is 0 Å². The molecule has 0 aliphatic carbocycles. The molecule has 2 aromatic rings. The first kappa shape index (κ1) is 22.5. The van der Waals surface area contributed by atoms with Gasteiger partial charge in [-0.05, 0) is 31.2 Å². The zero-order valence-corrected chi connectivity index (χ0v) is 20.2. The SMILES string of the molecule is CCC1CN(C(=NCc2nnc(C)n2C)NCCc2cccs2)CCS1.I. The lowest BCUT2D eigenvalue weighted by molar-refractivity contribution is 0.407. The molecule has 1 unspecified atom stereocenters. The quantitative estimate of drug-likeness (QED) is 0.360. The van der Waals surface area contributed by atoms with Gasteiger partial charge in [0.15, 0.2) is 11.8 Å². The third-order valence-electron chi connectivity index (χ3n) is 4.68. The number of thioether (sulfide) groups is 1. The highest BCUT2D eigenvalue weighted by atomic mass is 127. The molecule has 0 radical (unpaired) electrons. The summed E-state index contributed by atoms with van der Waals surface area (Å²) >= 11 is 3.89. The minimum absolute atomic E-state index is 0. The van der Waals surface area contributed by atoms with Gasteiger partial charge in [0, 0.05) is 42.6 Å². The smallest absolute Gasteiger partial charge is 0.194 e. The lowest BCUT2D eigenvalue weighted by Crippen LogP contribution is -2.48. The highest BCUT2D eigenvalue weighted by molar-refractivity contribution is 14.0. The van der Waals surface area contributed by atoms with E-state index in [9.17, 15) is 0 Å². The topological polar surface area (TPSA) is 58.3 Å². The van der Waals surface area contributed by atoms with E-state index >= 15 is 0 Å². The van der Waals surface area contributed by atoms with E-state index in [1.165, 1.54) is 11.3 Å². The zero-order valence-electron chi connectivity index (χ0n) is 16.2. The van der Waals surface area contributed by atoms with Crippen LogP contribution in [0.25, 0.3) is 0 Å². The Labute approximate surface area is 187 Å². The summed E-state index contributed by atoms with van der Waals surface area (Å²) < 4.78 is 2.01. The van der Waals surface area contributed by atoms with Gasteiger partial charge in [-0.25, -0.2) is 4.99 Å². The third-order valence-corrected chi connectivity index (χ3v) is 6.99. The summed E-state index contributed by atoms with van der Waals surface area (Å²) in [6.45, 7) is 7.79. The van der Waals surface area contributed by atoms with Crippen LogP contribution in [-0.2, 0) is 20.0 Å². The van der Waals surface area contributed by atoms with Crippen LogP contribution in [0.2, 0.25) is 0 Å². The number of thiophene rings is 1. The molecule has 27 heavy (non-hydrogen) atoms. The normalized spacial score (nSPS) is 17.7. The molecule has 0 amide bonds. The monoisotopic (exact) mass is 520 g/mol. The number of hydrogen-bond donors (Lipinski definition) is 1. The molecule has 1 saturated heterocycles. The molecule has 1 atom stereocenters. The minimum atomic E-state index is 0. The van der Waals surface area contributed by atoms with E-state index in [1.54, 1.807) is 0 Å². The molecule has 2 aromatic heterocycles. The van der Waals surface area contributed by atoms with Gasteiger partial charge >= 0.3 is 0 Å². The molecule has 1 N–H and O–H groups in total. The average molecular weight is 521 g/mol. The maximum absolute atomic E-state index is 4.88. The fourth-order valence-electron chi connectivity index (χ4n) is 2.91. The Balaban J connectivity index is 0.00000261. The molecule has 3 heterocycles. The summed E-state index contributed by atoms with van der Waals surface area (Å²) in [5, 5.41) is 14.8. The van der Waals surface area contributed by atoms with Gasteiger partial charge in [0.2, 0.25) is 0 Å². The van der Waals surface area contributed by atoms with Crippen LogP contribution < -0.4 is 5.32 Å². The third kappa shape index (κ3) is 6.35. The van der Waals surface area contributed by atoms with Crippen molar-refractivity contribution in [3.8, 4) is 0 Å². The van der Waals surface area contributed by atoms with Crippen LogP contribution in [0.5, 0.6) is 0 Å². The number of hydrogen-bond acceptors (Lipinski definition) is 5. The van der Waals surface area contributed by atoms with E-state index in [-0.39, 0.29) is 24.0 Å². The Morgan fingerprint density at radius 3 is 2.93 bits per heavy atom. The lowest BCUT2D eigenvalue weighted by atomic mass is 10.3. The van der Waals surface area contributed by atoms with Crippen molar-refractivity contribution in [3.05, 3.63) is 34.0 Å². The minimum Gasteiger partial charge on any atom is -0.356 e. The van der Waals surface area contributed by atoms with Gasteiger partial charge in [0.05, 0.1) is 0 Å². The van der Waals surface area contributed by atoms with Crippen LogP contribution in [0.3, 0.4) is 0 Å². The van der Waals surface area contributed by atoms with E-state index < -0.39 is 0 Å². The molecule has 0 saturated carbocycles. The van der Waals surface area contributed by atoms with Crippen molar-refractivity contribution in [2.45, 2.75) is 38.5 Å². The second-order valence-corrected chi connectivity index (χ2v) is 8.91. The molecule has 3 rings (SSSR count). The largest absolute Gasteiger partial charge is 0.356 e. The second-order valence-electron chi connectivity index (χ2n) is 6.47. The Morgan fingerprint density at radius 2 is 2.26 bits per heavy atom. The maximum atomic E-state index is 4.88. The average Bonchev–Trinajstić information content (AvgIpc) is 3.29. The predicted molar refractivity (Wildman–Crippen MR) is 126 cm³/mol. The summed E-state index contributed by atoms with van der Waals surface area (Å²) in [4.78, 5) is 8.69. The molecule has 0 aromatic carbocycles. The van der Waals surface area contributed by atoms with E-state index in [1.807, 2.05) is 29.9 Å². The van der Waals surface area contributed by atoms with Crippen molar-refractivity contribution in [1.82, 2.24) is 25.0 Å². The van der Waals surface area contributed by atoms with Crippen molar-refractivity contribution in [2.24, 2.45) is 12.0 Å². The van der Waals surface area contributed by atoms with Gasteiger partial charge in [-0.2, -0.15) is 11.8 Å². The van der Waals surface area contributed by atoms with Crippen LogP contribution >= 0.6 is 47.1 Å². The molecular weight excluding hydrogens is 491 g/mol. The highest BCUT2D eigenvalue weighted by Crippen LogP contribution is 2.21. The Hall–Kier alpha value is -0.810. The summed E-state index contributed by atoms with van der Waals surface area (Å²) in [7, 11) is 1.99. The Kier molecular flexibility index (Phi) is 9.37. The van der Waals surface area contributed by atoms with Crippen LogP contribution in [0.1, 0.15) is 29.9 Å². The molecule has 9 heteroatoms. The van der Waals surface area contributed by atoms with Crippen molar-refractivity contribution in [1.29, 1.82) is 0 Å². The Morgan fingerprint density at radius 1 is 1.41 bits per heavy atom. The number of aromatic nitrogens is 3. The molecule has 1 fully saturated rings. The van der Waals surface area contributed by atoms with Crippen molar-refractivity contribution < 1.29 is 0 Å². The van der Waals surface area contributed by atoms with Crippen LogP contribution in [0.4, 0.5) is 0 Å². The fraction of sp³-hybridized carbons (Fsp3) is 0.611. The molecule has 6 nitrogen and oxygen atoms in total. The van der Waals surface area contributed by atoms with Crippen molar-refractivity contribution >= 4 is 53.0 Å². The molecule has 0 spiro atoms. The molecule has 1 aliphatic heterocycles. The number of nitrogens with zero attached hydrogens (tertiary/aromatic N) is 5. The Bertz CT molecular complexity index is 716. The van der Waals surface area contributed by atoms with Gasteiger partial charge < -0.3 is 14.8 Å². The maximum Gasteiger partial charge on any atom is 0.194 e. The molecule has 150 valence electrons. The lowest BCUT2D eigenvalue weighted by Gasteiger charge is -2.34. The number of rotatable bonds is 6. The second kappa shape index (κ2) is 11.3. The first-order valence-electron chi connectivity index (χ1n) is 9.19. The first-order valence-corrected chi connectivity index (χ1v) is 11.1. The van der Waals surface area contributed by atoms with E-state index in [0.29, 0.717) is 11.8 Å². The first-order chi connectivity index (χ1) is 12.7. The van der Waals surface area contributed by atoms with Gasteiger partial charge in [0.25, 0.3) is 0 Å². The number of aliphatic imine (C=N–C) groups is 1. The molecule has 0 bridgehead atoms. The summed E-state index contributed by atoms with van der Waals surface area (Å²) in [6.07, 6.45) is 2.23. The molecular formula is C18H29IN6S2. The summed E-state index contributed by atoms with van der Waals surface area (Å²) in [5.41, 5.74) is 0. The van der Waals surface area contributed by atoms with Crippen LogP contribution in [-0.4, -0.2) is 56.3 Å². The van der Waals surface area contributed by atoms with Gasteiger partial charge in [-0.3, -0.25) is 0 Å². The van der Waals surface area contributed by atoms with E-state index in [4.69, 9.17) is 4.99 Å². The van der Waals surface area contributed by atoms with E-state index in [0.717, 1.165) is 49.4 Å². The number of nitrogens with one attached hydrogen (secondary N) is 1.